The van der Waals surface area contributed by atoms with Crippen LogP contribution in [0.3, 0.4) is 0 Å². The van der Waals surface area contributed by atoms with Crippen LogP contribution < -0.4 is 15.8 Å². The first kappa shape index (κ1) is 14.3. The summed E-state index contributed by atoms with van der Waals surface area (Å²) in [6.45, 7) is 3.61. The Morgan fingerprint density at radius 3 is 2.78 bits per heavy atom. The van der Waals surface area contributed by atoms with Gasteiger partial charge in [0.2, 0.25) is 0 Å². The number of benzene rings is 1. The summed E-state index contributed by atoms with van der Waals surface area (Å²) in [5.41, 5.74) is 5.28. The molecule has 1 unspecified atom stereocenters. The summed E-state index contributed by atoms with van der Waals surface area (Å²) in [5.74, 6) is 0.196. The molecule has 0 aliphatic rings. The topological polar surface area (TPSA) is 84.6 Å². The molecule has 0 aliphatic heterocycles. The molecule has 0 spiro atoms. The van der Waals surface area contributed by atoms with E-state index >= 15 is 0 Å². The van der Waals surface area contributed by atoms with E-state index in [1.807, 2.05) is 6.92 Å². The number of carbonyl (C=O) groups excluding carboxylic acids is 1. The van der Waals surface area contributed by atoms with E-state index in [1.54, 1.807) is 31.2 Å². The lowest BCUT2D eigenvalue weighted by Gasteiger charge is -2.21. The molecule has 5 nitrogen and oxygen atoms in total. The highest BCUT2D eigenvalue weighted by atomic mass is 16.5. The molecule has 0 bridgehead atoms. The third-order valence-electron chi connectivity index (χ3n) is 2.71. The lowest BCUT2D eigenvalue weighted by molar-refractivity contribution is -0.124. The van der Waals surface area contributed by atoms with Crippen molar-refractivity contribution in [2.24, 2.45) is 0 Å². The molecule has 0 saturated carbocycles. The second kappa shape index (κ2) is 6.26. The number of para-hydroxylation sites is 2. The number of nitrogens with two attached hydrogens (primary N) is 1. The molecule has 100 valence electrons. The first-order valence-corrected chi connectivity index (χ1v) is 5.91. The first-order chi connectivity index (χ1) is 8.44. The zero-order valence-electron chi connectivity index (χ0n) is 10.8. The molecule has 0 heterocycles. The molecule has 1 atom stereocenters. The second-order valence-corrected chi connectivity index (χ2v) is 4.45. The van der Waals surface area contributed by atoms with Crippen molar-refractivity contribution in [3.8, 4) is 5.75 Å². The maximum absolute atomic E-state index is 11.5. The minimum Gasteiger partial charge on any atom is -0.482 e. The van der Waals surface area contributed by atoms with Crippen LogP contribution >= 0.6 is 0 Å². The van der Waals surface area contributed by atoms with Crippen LogP contribution in [0.1, 0.15) is 20.3 Å². The summed E-state index contributed by atoms with van der Waals surface area (Å²) >= 11 is 0. The molecule has 0 aromatic heterocycles. The van der Waals surface area contributed by atoms with Crippen molar-refractivity contribution in [3.63, 3.8) is 0 Å². The Bertz CT molecular complexity index is 405. The molecular weight excluding hydrogens is 232 g/mol. The maximum atomic E-state index is 11.5. The van der Waals surface area contributed by atoms with E-state index in [9.17, 15) is 9.90 Å². The number of nitrogen functional groups attached to an aromatic ring is 1. The van der Waals surface area contributed by atoms with Crippen molar-refractivity contribution in [1.29, 1.82) is 0 Å². The number of rotatable bonds is 6. The molecule has 1 aromatic carbocycles. The van der Waals surface area contributed by atoms with Gasteiger partial charge in [0.1, 0.15) is 5.75 Å². The van der Waals surface area contributed by atoms with Gasteiger partial charge in [-0.15, -0.1) is 0 Å². The van der Waals surface area contributed by atoms with Gasteiger partial charge >= 0.3 is 0 Å². The zero-order valence-corrected chi connectivity index (χ0v) is 10.8. The number of aliphatic hydroxyl groups is 1. The average molecular weight is 252 g/mol. The zero-order chi connectivity index (χ0) is 13.6. The Morgan fingerprint density at radius 2 is 2.17 bits per heavy atom. The van der Waals surface area contributed by atoms with Gasteiger partial charge in [-0.1, -0.05) is 19.1 Å². The highest BCUT2D eigenvalue weighted by molar-refractivity contribution is 5.77. The average Bonchev–Trinajstić information content (AvgIpc) is 2.35. The van der Waals surface area contributed by atoms with E-state index in [0.717, 1.165) is 0 Å². The van der Waals surface area contributed by atoms with Gasteiger partial charge in [-0.3, -0.25) is 4.79 Å². The van der Waals surface area contributed by atoms with Gasteiger partial charge in [-0.05, 0) is 25.5 Å². The number of hydrogen-bond acceptors (Lipinski definition) is 4. The van der Waals surface area contributed by atoms with Crippen LogP contribution in [0.4, 0.5) is 5.69 Å². The lowest BCUT2D eigenvalue weighted by Crippen LogP contribution is -2.41. The summed E-state index contributed by atoms with van der Waals surface area (Å²) in [5, 5.41) is 12.3. The van der Waals surface area contributed by atoms with E-state index in [1.165, 1.54) is 0 Å². The van der Waals surface area contributed by atoms with Gasteiger partial charge < -0.3 is 20.9 Å². The van der Waals surface area contributed by atoms with Crippen LogP contribution in [-0.2, 0) is 4.79 Å². The normalized spacial score (nSPS) is 13.7. The third kappa shape index (κ3) is 4.63. The molecule has 0 fully saturated rings. The summed E-state index contributed by atoms with van der Waals surface area (Å²) in [6.07, 6.45) is 0.569. The Balaban J connectivity index is 2.36. The Morgan fingerprint density at radius 1 is 1.50 bits per heavy atom. The minimum absolute atomic E-state index is 0.117. The Kier molecular flexibility index (Phi) is 4.97. The van der Waals surface area contributed by atoms with Crippen LogP contribution in [0.2, 0.25) is 0 Å². The predicted octanol–water partition coefficient (Wildman–Crippen LogP) is 0.925. The van der Waals surface area contributed by atoms with Gasteiger partial charge in [0.25, 0.3) is 5.91 Å². The number of carbonyl (C=O) groups is 1. The number of ether oxygens (including phenoxy) is 1. The fourth-order valence-corrected chi connectivity index (χ4v) is 1.22. The molecule has 0 saturated heterocycles. The predicted molar refractivity (Wildman–Crippen MR) is 70.3 cm³/mol. The third-order valence-corrected chi connectivity index (χ3v) is 2.71. The first-order valence-electron chi connectivity index (χ1n) is 5.91. The highest BCUT2D eigenvalue weighted by Crippen LogP contribution is 2.19. The van der Waals surface area contributed by atoms with E-state index < -0.39 is 5.60 Å². The minimum atomic E-state index is -0.887. The van der Waals surface area contributed by atoms with Crippen LogP contribution in [0.15, 0.2) is 24.3 Å². The fourth-order valence-electron chi connectivity index (χ4n) is 1.22. The molecule has 18 heavy (non-hydrogen) atoms. The molecule has 4 N–H and O–H groups in total. The van der Waals surface area contributed by atoms with Crippen LogP contribution in [0, 0.1) is 0 Å². The van der Waals surface area contributed by atoms with Crippen molar-refractivity contribution in [2.75, 3.05) is 18.9 Å². The number of nitrogens with one attached hydrogen (secondary N) is 1. The van der Waals surface area contributed by atoms with E-state index in [4.69, 9.17) is 10.5 Å². The van der Waals surface area contributed by atoms with Gasteiger partial charge in [0.15, 0.2) is 6.61 Å². The summed E-state index contributed by atoms with van der Waals surface area (Å²) in [6, 6.07) is 6.98. The van der Waals surface area contributed by atoms with Crippen LogP contribution in [0.25, 0.3) is 0 Å². The van der Waals surface area contributed by atoms with Crippen molar-refractivity contribution >= 4 is 11.6 Å². The number of amides is 1. The highest BCUT2D eigenvalue weighted by Gasteiger charge is 2.18. The van der Waals surface area contributed by atoms with E-state index in [2.05, 4.69) is 5.32 Å². The van der Waals surface area contributed by atoms with Crippen molar-refractivity contribution in [1.82, 2.24) is 5.32 Å². The smallest absolute Gasteiger partial charge is 0.258 e. The van der Waals surface area contributed by atoms with Gasteiger partial charge in [-0.2, -0.15) is 0 Å². The van der Waals surface area contributed by atoms with Crippen LogP contribution in [-0.4, -0.2) is 29.8 Å². The quantitative estimate of drug-likeness (QED) is 0.657. The van der Waals surface area contributed by atoms with Crippen molar-refractivity contribution < 1.29 is 14.6 Å². The summed E-state index contributed by atoms with van der Waals surface area (Å²) < 4.78 is 5.28. The van der Waals surface area contributed by atoms with Gasteiger partial charge in [0.05, 0.1) is 11.3 Å². The van der Waals surface area contributed by atoms with Gasteiger partial charge in [-0.25, -0.2) is 0 Å². The van der Waals surface area contributed by atoms with Gasteiger partial charge in [0, 0.05) is 6.54 Å². The molecular formula is C13H20N2O3. The van der Waals surface area contributed by atoms with Crippen molar-refractivity contribution in [2.45, 2.75) is 25.9 Å². The molecule has 5 heteroatoms. The SMILES string of the molecule is CCC(C)(O)CNC(=O)COc1ccccc1N. The lowest BCUT2D eigenvalue weighted by atomic mass is 10.0. The van der Waals surface area contributed by atoms with E-state index in [0.29, 0.717) is 17.9 Å². The summed E-state index contributed by atoms with van der Waals surface area (Å²) in [7, 11) is 0. The fraction of sp³-hybridized carbons (Fsp3) is 0.462. The van der Waals surface area contributed by atoms with E-state index in [-0.39, 0.29) is 19.1 Å². The Labute approximate surface area is 107 Å². The molecule has 0 radical (unpaired) electrons. The molecule has 1 amide bonds. The largest absolute Gasteiger partial charge is 0.482 e. The monoisotopic (exact) mass is 252 g/mol. The standard InChI is InChI=1S/C13H20N2O3/c1-3-13(2,17)9-15-12(16)8-18-11-7-5-4-6-10(11)14/h4-7,17H,3,8-9,14H2,1-2H3,(H,15,16). The molecule has 1 rings (SSSR count). The Hall–Kier alpha value is -1.75. The molecule has 0 aliphatic carbocycles. The van der Waals surface area contributed by atoms with Crippen LogP contribution in [0.5, 0.6) is 5.75 Å². The summed E-state index contributed by atoms with van der Waals surface area (Å²) in [4.78, 5) is 11.5. The number of anilines is 1. The molecule has 1 aromatic rings. The van der Waals surface area contributed by atoms with Crippen molar-refractivity contribution in [3.05, 3.63) is 24.3 Å². The second-order valence-electron chi connectivity index (χ2n) is 4.45. The maximum Gasteiger partial charge on any atom is 0.258 e. The number of hydrogen-bond donors (Lipinski definition) is 3.